The van der Waals surface area contributed by atoms with Gasteiger partial charge in [-0.3, -0.25) is 14.4 Å². The molecule has 0 bridgehead atoms. The molecule has 0 spiro atoms. The summed E-state index contributed by atoms with van der Waals surface area (Å²) in [7, 11) is 0. The molecule has 212 valence electrons. The molecule has 3 amide bonds. The number of amides is 3. The Kier molecular flexibility index (Phi) is 17.4. The van der Waals surface area contributed by atoms with Gasteiger partial charge in [0.2, 0.25) is 5.91 Å². The van der Waals surface area contributed by atoms with Gasteiger partial charge in [-0.05, 0) is 12.1 Å². The van der Waals surface area contributed by atoms with E-state index in [1.165, 1.54) is 0 Å². The molecule has 1 aromatic heterocycles. The normalized spacial score (nSPS) is 13.2. The molecule has 0 radical (unpaired) electrons. The van der Waals surface area contributed by atoms with Crippen molar-refractivity contribution >= 4 is 47.2 Å². The first-order valence-corrected chi connectivity index (χ1v) is 14.5. The number of hydroxylamine groups is 2. The first kappa shape index (κ1) is 32.0. The number of carbonyl (C=O) groups excluding carboxylic acids is 4. The number of nitrogens with zero attached hydrogens (tertiary/aromatic N) is 2. The van der Waals surface area contributed by atoms with Gasteiger partial charge in [-0.1, -0.05) is 17.8 Å². The molecule has 1 aliphatic heterocycles. The lowest BCUT2D eigenvalue weighted by Gasteiger charge is -2.12. The summed E-state index contributed by atoms with van der Waals surface area (Å²) in [6, 6.07) is 5.81. The quantitative estimate of drug-likeness (QED) is 0.0928. The van der Waals surface area contributed by atoms with Gasteiger partial charge >= 0.3 is 5.97 Å². The highest BCUT2D eigenvalue weighted by molar-refractivity contribution is 8.15. The molecule has 0 atom stereocenters. The van der Waals surface area contributed by atoms with Gasteiger partial charge in [-0.15, -0.1) is 5.06 Å². The molecule has 1 aromatic rings. The van der Waals surface area contributed by atoms with E-state index in [2.05, 4.69) is 10.3 Å². The first-order chi connectivity index (χ1) is 18.6. The third kappa shape index (κ3) is 15.2. The second-order valence-corrected chi connectivity index (χ2v) is 10.1. The molecule has 1 fully saturated rings. The Labute approximate surface area is 230 Å². The van der Waals surface area contributed by atoms with Crippen LogP contribution in [0, 0.1) is 0 Å². The molecule has 38 heavy (non-hydrogen) atoms. The second kappa shape index (κ2) is 20.7. The molecule has 1 N–H and O–H groups in total. The lowest BCUT2D eigenvalue weighted by atomic mass is 10.4. The maximum Gasteiger partial charge on any atom is 0.335 e. The SMILES string of the molecule is O=C(CCSCSc1ccccn1)NCCOCCOCCOCCOCCC(=O)ON1C(=O)CCC1=O. The van der Waals surface area contributed by atoms with E-state index in [1.807, 2.05) is 18.2 Å². The lowest BCUT2D eigenvalue weighted by Crippen LogP contribution is -2.32. The number of rotatable bonds is 22. The second-order valence-electron chi connectivity index (χ2n) is 7.68. The van der Waals surface area contributed by atoms with Crippen LogP contribution in [-0.4, -0.2) is 104 Å². The summed E-state index contributed by atoms with van der Waals surface area (Å²) in [5, 5.41) is 5.19. The number of nitrogens with one attached hydrogen (secondary N) is 1. The van der Waals surface area contributed by atoms with Gasteiger partial charge in [0.15, 0.2) is 0 Å². The van der Waals surface area contributed by atoms with Crippen LogP contribution < -0.4 is 5.32 Å². The molecule has 0 aromatic carbocycles. The topological polar surface area (TPSA) is 143 Å². The summed E-state index contributed by atoms with van der Waals surface area (Å²) in [5.74, 6) is -0.952. The van der Waals surface area contributed by atoms with Crippen LogP contribution in [0.2, 0.25) is 0 Å². The average molecular weight is 574 g/mol. The number of imide groups is 1. The van der Waals surface area contributed by atoms with E-state index in [1.54, 1.807) is 29.7 Å². The predicted molar refractivity (Wildman–Crippen MR) is 140 cm³/mol. The van der Waals surface area contributed by atoms with Gasteiger partial charge in [-0.2, -0.15) is 11.8 Å². The summed E-state index contributed by atoms with van der Waals surface area (Å²) >= 11 is 3.36. The number of carbonyl (C=O) groups is 4. The number of aromatic nitrogens is 1. The number of thioether (sulfide) groups is 2. The Balaban J connectivity index is 1.26. The Morgan fingerprint density at radius 2 is 1.50 bits per heavy atom. The Morgan fingerprint density at radius 3 is 2.13 bits per heavy atom. The van der Waals surface area contributed by atoms with E-state index in [0.717, 1.165) is 15.9 Å². The van der Waals surface area contributed by atoms with Gasteiger partial charge in [0.05, 0.1) is 64.3 Å². The van der Waals surface area contributed by atoms with Crippen molar-refractivity contribution in [1.29, 1.82) is 0 Å². The number of hydrogen-bond donors (Lipinski definition) is 1. The molecule has 12 nitrogen and oxygen atoms in total. The fourth-order valence-electron chi connectivity index (χ4n) is 2.83. The molecular weight excluding hydrogens is 538 g/mol. The van der Waals surface area contributed by atoms with Crippen molar-refractivity contribution < 1.29 is 43.0 Å². The van der Waals surface area contributed by atoms with E-state index < -0.39 is 17.8 Å². The van der Waals surface area contributed by atoms with Gasteiger partial charge in [0.25, 0.3) is 11.8 Å². The number of hydrogen-bond acceptors (Lipinski definition) is 12. The zero-order chi connectivity index (χ0) is 27.3. The van der Waals surface area contributed by atoms with Crippen molar-refractivity contribution in [2.45, 2.75) is 30.7 Å². The third-order valence-electron chi connectivity index (χ3n) is 4.74. The predicted octanol–water partition coefficient (Wildman–Crippen LogP) is 1.43. The van der Waals surface area contributed by atoms with E-state index in [0.29, 0.717) is 57.7 Å². The van der Waals surface area contributed by atoms with Gasteiger partial charge < -0.3 is 29.1 Å². The summed E-state index contributed by atoms with van der Waals surface area (Å²) in [5.41, 5.74) is 0. The molecule has 0 unspecified atom stereocenters. The van der Waals surface area contributed by atoms with Gasteiger partial charge in [0, 0.05) is 42.8 Å². The Morgan fingerprint density at radius 1 is 0.868 bits per heavy atom. The lowest BCUT2D eigenvalue weighted by molar-refractivity contribution is -0.198. The van der Waals surface area contributed by atoms with Crippen molar-refractivity contribution in [2.24, 2.45) is 0 Å². The first-order valence-electron chi connectivity index (χ1n) is 12.3. The van der Waals surface area contributed by atoms with Crippen LogP contribution in [0.3, 0.4) is 0 Å². The van der Waals surface area contributed by atoms with E-state index in [9.17, 15) is 19.2 Å². The number of pyridine rings is 1. The van der Waals surface area contributed by atoms with Crippen LogP contribution in [0.5, 0.6) is 0 Å². The molecule has 2 heterocycles. The maximum atomic E-state index is 11.8. The van der Waals surface area contributed by atoms with Crippen molar-refractivity contribution in [1.82, 2.24) is 15.4 Å². The zero-order valence-electron chi connectivity index (χ0n) is 21.3. The molecular formula is C24H35N3O9S2. The molecule has 1 aliphatic rings. The average Bonchev–Trinajstić information content (AvgIpc) is 3.23. The van der Waals surface area contributed by atoms with E-state index in [-0.39, 0.29) is 38.4 Å². The monoisotopic (exact) mass is 573 g/mol. The fraction of sp³-hybridized carbons (Fsp3) is 0.625. The van der Waals surface area contributed by atoms with Crippen LogP contribution >= 0.6 is 23.5 Å². The highest BCUT2D eigenvalue weighted by atomic mass is 32.2. The highest BCUT2D eigenvalue weighted by Gasteiger charge is 2.32. The van der Waals surface area contributed by atoms with Crippen molar-refractivity contribution in [3.63, 3.8) is 0 Å². The van der Waals surface area contributed by atoms with Crippen LogP contribution in [0.1, 0.15) is 25.7 Å². The van der Waals surface area contributed by atoms with E-state index in [4.69, 9.17) is 23.8 Å². The summed E-state index contributed by atoms with van der Waals surface area (Å²) < 4.78 is 21.4. The Bertz CT molecular complexity index is 833. The molecule has 1 saturated heterocycles. The summed E-state index contributed by atoms with van der Waals surface area (Å²) in [6.07, 6.45) is 2.28. The highest BCUT2D eigenvalue weighted by Crippen LogP contribution is 2.20. The maximum absolute atomic E-state index is 11.8. The molecule has 14 heteroatoms. The fourth-order valence-corrected chi connectivity index (χ4v) is 4.76. The summed E-state index contributed by atoms with van der Waals surface area (Å²) in [4.78, 5) is 55.1. The van der Waals surface area contributed by atoms with Crippen LogP contribution in [0.25, 0.3) is 0 Å². The van der Waals surface area contributed by atoms with Gasteiger partial charge in [-0.25, -0.2) is 9.78 Å². The summed E-state index contributed by atoms with van der Waals surface area (Å²) in [6.45, 7) is 3.22. The minimum Gasteiger partial charge on any atom is -0.378 e. The largest absolute Gasteiger partial charge is 0.378 e. The smallest absolute Gasteiger partial charge is 0.335 e. The standard InChI is InChI=1S/C24H35N3O9S2/c28-20(7-18-37-19-38-21-3-1-2-8-26-21)25-9-11-33-13-15-35-17-16-34-14-12-32-10-6-24(31)36-27-22(29)4-5-23(27)30/h1-3,8H,4-7,9-19H2,(H,25,28). The zero-order valence-corrected chi connectivity index (χ0v) is 22.9. The Hall–Kier alpha value is -2.23. The van der Waals surface area contributed by atoms with Gasteiger partial charge in [0.1, 0.15) is 0 Å². The van der Waals surface area contributed by atoms with Crippen molar-refractivity contribution in [2.75, 3.05) is 70.2 Å². The molecule has 0 saturated carbocycles. The van der Waals surface area contributed by atoms with Crippen molar-refractivity contribution in [3.05, 3.63) is 24.4 Å². The molecule has 0 aliphatic carbocycles. The third-order valence-corrected chi connectivity index (χ3v) is 6.90. The van der Waals surface area contributed by atoms with Crippen LogP contribution in [-0.2, 0) is 43.0 Å². The van der Waals surface area contributed by atoms with Crippen molar-refractivity contribution in [3.8, 4) is 0 Å². The molecule has 2 rings (SSSR count). The van der Waals surface area contributed by atoms with Crippen LogP contribution in [0.15, 0.2) is 29.4 Å². The van der Waals surface area contributed by atoms with Crippen LogP contribution in [0.4, 0.5) is 0 Å². The number of ether oxygens (including phenoxy) is 4. The minimum absolute atomic E-state index is 0.0105. The minimum atomic E-state index is -0.700. The van der Waals surface area contributed by atoms with E-state index >= 15 is 0 Å².